The Hall–Kier alpha value is -1.84. The first-order valence-corrected chi connectivity index (χ1v) is 5.46. The van der Waals surface area contributed by atoms with Crippen LogP contribution in [0.25, 0.3) is 11.1 Å². The highest BCUT2D eigenvalue weighted by atomic mass is 16.4. The van der Waals surface area contributed by atoms with E-state index in [-0.39, 0.29) is 11.1 Å². The van der Waals surface area contributed by atoms with Crippen molar-refractivity contribution in [2.75, 3.05) is 0 Å². The fraction of sp³-hybridized carbons (Fsp3) is 0.385. The lowest BCUT2D eigenvalue weighted by Gasteiger charge is -2.12. The summed E-state index contributed by atoms with van der Waals surface area (Å²) < 4.78 is 6.98. The molecule has 0 radical (unpaired) electrons. The predicted octanol–water partition coefficient (Wildman–Crippen LogP) is 1.73. The Labute approximate surface area is 98.5 Å². The maximum absolute atomic E-state index is 12.2. The Morgan fingerprint density at radius 3 is 2.12 bits per heavy atom. The largest absolute Gasteiger partial charge is 0.405 e. The topological polar surface area (TPSA) is 52.2 Å². The molecule has 0 aromatic carbocycles. The molecule has 4 nitrogen and oxygen atoms in total. The van der Waals surface area contributed by atoms with Gasteiger partial charge in [0.2, 0.25) is 5.71 Å². The smallest absolute Gasteiger partial charge is 0.340 e. The molecular weight excluding hydrogens is 218 g/mol. The van der Waals surface area contributed by atoms with Crippen LogP contribution in [-0.2, 0) is 7.05 Å². The van der Waals surface area contributed by atoms with Crippen molar-refractivity contribution in [1.82, 2.24) is 4.57 Å². The predicted molar refractivity (Wildman–Crippen MR) is 66.7 cm³/mol. The van der Waals surface area contributed by atoms with Crippen LogP contribution in [0.2, 0.25) is 0 Å². The zero-order valence-corrected chi connectivity index (χ0v) is 10.7. The lowest BCUT2D eigenvalue weighted by Crippen LogP contribution is -2.19. The van der Waals surface area contributed by atoms with Crippen molar-refractivity contribution < 1.29 is 4.42 Å². The Bertz CT molecular complexity index is 735. The SMILES string of the molecule is Cc1c(C)c2c(=O)c(C)c(C)n(C)c2oc1=O. The van der Waals surface area contributed by atoms with Crippen molar-refractivity contribution in [2.24, 2.45) is 7.05 Å². The van der Waals surface area contributed by atoms with Crippen LogP contribution in [0.15, 0.2) is 14.0 Å². The van der Waals surface area contributed by atoms with E-state index in [1.807, 2.05) is 6.92 Å². The van der Waals surface area contributed by atoms with Crippen molar-refractivity contribution in [2.45, 2.75) is 27.7 Å². The molecule has 0 spiro atoms. The minimum absolute atomic E-state index is 0.0556. The van der Waals surface area contributed by atoms with Gasteiger partial charge in [-0.15, -0.1) is 0 Å². The lowest BCUT2D eigenvalue weighted by molar-refractivity contribution is 0.522. The number of hydrogen-bond donors (Lipinski definition) is 0. The quantitative estimate of drug-likeness (QED) is 0.696. The van der Waals surface area contributed by atoms with Crippen LogP contribution in [0.5, 0.6) is 0 Å². The number of fused-ring (bicyclic) bond motifs is 1. The summed E-state index contributed by atoms with van der Waals surface area (Å²) in [6.45, 7) is 7.09. The summed E-state index contributed by atoms with van der Waals surface area (Å²) >= 11 is 0. The molecule has 2 aromatic rings. The molecule has 2 aromatic heterocycles. The third-order valence-electron chi connectivity index (χ3n) is 3.57. The van der Waals surface area contributed by atoms with E-state index in [2.05, 4.69) is 0 Å². The molecule has 0 aliphatic rings. The van der Waals surface area contributed by atoms with Gasteiger partial charge in [0.15, 0.2) is 5.43 Å². The third kappa shape index (κ3) is 1.44. The number of pyridine rings is 1. The third-order valence-corrected chi connectivity index (χ3v) is 3.57. The molecular formula is C13H15NO3. The molecule has 0 atom stereocenters. The molecule has 0 bridgehead atoms. The number of hydrogen-bond acceptors (Lipinski definition) is 3. The Morgan fingerprint density at radius 2 is 1.53 bits per heavy atom. The second-order valence-corrected chi connectivity index (χ2v) is 4.42. The normalized spacial score (nSPS) is 11.1. The summed E-state index contributed by atoms with van der Waals surface area (Å²) in [6.07, 6.45) is 0. The number of aromatic nitrogens is 1. The minimum Gasteiger partial charge on any atom is -0.405 e. The fourth-order valence-electron chi connectivity index (χ4n) is 1.98. The van der Waals surface area contributed by atoms with Crippen LogP contribution in [0.1, 0.15) is 22.4 Å². The second-order valence-electron chi connectivity index (χ2n) is 4.42. The van der Waals surface area contributed by atoms with Crippen LogP contribution in [-0.4, -0.2) is 4.57 Å². The number of rotatable bonds is 0. The summed E-state index contributed by atoms with van der Waals surface area (Å²) in [5.74, 6) is 0. The lowest BCUT2D eigenvalue weighted by atomic mass is 10.1. The van der Waals surface area contributed by atoms with E-state index in [0.29, 0.717) is 27.8 Å². The van der Waals surface area contributed by atoms with Crippen LogP contribution < -0.4 is 11.1 Å². The second kappa shape index (κ2) is 3.58. The summed E-state index contributed by atoms with van der Waals surface area (Å²) in [7, 11) is 1.79. The van der Waals surface area contributed by atoms with Gasteiger partial charge >= 0.3 is 5.63 Å². The van der Waals surface area contributed by atoms with E-state index >= 15 is 0 Å². The molecule has 0 amide bonds. The average molecular weight is 233 g/mol. The minimum atomic E-state index is -0.381. The molecule has 0 saturated heterocycles. The monoisotopic (exact) mass is 233 g/mol. The van der Waals surface area contributed by atoms with Gasteiger partial charge in [-0.1, -0.05) is 0 Å². The van der Waals surface area contributed by atoms with E-state index in [0.717, 1.165) is 5.69 Å². The van der Waals surface area contributed by atoms with Crippen molar-refractivity contribution in [3.8, 4) is 0 Å². The zero-order valence-electron chi connectivity index (χ0n) is 10.7. The van der Waals surface area contributed by atoms with E-state index in [1.165, 1.54) is 0 Å². The molecule has 0 aliphatic heterocycles. The molecule has 90 valence electrons. The highest BCUT2D eigenvalue weighted by Gasteiger charge is 2.16. The van der Waals surface area contributed by atoms with Crippen molar-refractivity contribution in [1.29, 1.82) is 0 Å². The Balaban J connectivity index is 3.24. The standard InChI is InChI=1S/C13H15NO3/c1-6-7(2)13(16)17-12-10(6)11(15)8(3)9(4)14(12)5/h1-5H3. The summed E-state index contributed by atoms with van der Waals surface area (Å²) in [4.78, 5) is 23.8. The van der Waals surface area contributed by atoms with Gasteiger partial charge in [-0.25, -0.2) is 4.79 Å². The van der Waals surface area contributed by atoms with E-state index < -0.39 is 0 Å². The van der Waals surface area contributed by atoms with E-state index in [4.69, 9.17) is 4.42 Å². The van der Waals surface area contributed by atoms with Crippen molar-refractivity contribution in [3.05, 3.63) is 43.0 Å². The van der Waals surface area contributed by atoms with E-state index in [9.17, 15) is 9.59 Å². The van der Waals surface area contributed by atoms with Gasteiger partial charge in [0, 0.05) is 23.9 Å². The average Bonchev–Trinajstić information content (AvgIpc) is 2.30. The summed E-state index contributed by atoms with van der Waals surface area (Å²) in [5, 5.41) is 0.507. The summed E-state index contributed by atoms with van der Waals surface area (Å²) in [6, 6.07) is 0. The fourth-order valence-corrected chi connectivity index (χ4v) is 1.98. The van der Waals surface area contributed by atoms with Gasteiger partial charge in [-0.3, -0.25) is 4.79 Å². The number of nitrogens with zero attached hydrogens (tertiary/aromatic N) is 1. The number of aryl methyl sites for hydroxylation is 2. The van der Waals surface area contributed by atoms with Crippen molar-refractivity contribution >= 4 is 11.1 Å². The molecule has 0 aliphatic carbocycles. The van der Waals surface area contributed by atoms with Crippen LogP contribution >= 0.6 is 0 Å². The molecule has 2 heterocycles. The Morgan fingerprint density at radius 1 is 0.941 bits per heavy atom. The van der Waals surface area contributed by atoms with Crippen LogP contribution in [0.4, 0.5) is 0 Å². The first-order chi connectivity index (χ1) is 7.86. The molecule has 4 heteroatoms. The van der Waals surface area contributed by atoms with Gasteiger partial charge in [0.05, 0.1) is 5.39 Å². The highest BCUT2D eigenvalue weighted by Crippen LogP contribution is 2.17. The first kappa shape index (κ1) is 11.6. The van der Waals surface area contributed by atoms with Gasteiger partial charge in [-0.2, -0.15) is 0 Å². The maximum Gasteiger partial charge on any atom is 0.340 e. The van der Waals surface area contributed by atoms with E-state index in [1.54, 1.807) is 32.4 Å². The molecule has 0 fully saturated rings. The Kier molecular flexibility index (Phi) is 2.45. The molecule has 0 N–H and O–H groups in total. The first-order valence-electron chi connectivity index (χ1n) is 5.46. The van der Waals surface area contributed by atoms with Crippen LogP contribution in [0.3, 0.4) is 0 Å². The maximum atomic E-state index is 12.2. The van der Waals surface area contributed by atoms with Crippen LogP contribution in [0, 0.1) is 27.7 Å². The zero-order chi connectivity index (χ0) is 12.9. The van der Waals surface area contributed by atoms with Crippen molar-refractivity contribution in [3.63, 3.8) is 0 Å². The summed E-state index contributed by atoms with van der Waals surface area (Å²) in [5.41, 5.74) is 2.63. The molecule has 0 saturated carbocycles. The van der Waals surface area contributed by atoms with Gasteiger partial charge < -0.3 is 8.98 Å². The van der Waals surface area contributed by atoms with Gasteiger partial charge in [0.25, 0.3) is 0 Å². The molecule has 2 rings (SSSR count). The van der Waals surface area contributed by atoms with Gasteiger partial charge in [0.1, 0.15) is 0 Å². The van der Waals surface area contributed by atoms with Gasteiger partial charge in [-0.05, 0) is 33.3 Å². The highest BCUT2D eigenvalue weighted by molar-refractivity contribution is 5.79. The molecule has 17 heavy (non-hydrogen) atoms. The molecule has 0 unspecified atom stereocenters.